The number of carbonyl (C=O) groups excluding carboxylic acids is 4. The molecule has 5 aromatic rings. The van der Waals surface area contributed by atoms with Crippen LogP contribution < -0.4 is 4.90 Å². The fourth-order valence-corrected chi connectivity index (χ4v) is 8.92. The fraction of sp³-hybridized carbons (Fsp3) is 0.200. The summed E-state index contributed by atoms with van der Waals surface area (Å²) in [5.41, 5.74) is 3.67. The first kappa shape index (κ1) is 32.3. The molecule has 0 unspecified atom stereocenters. The van der Waals surface area contributed by atoms with Crippen molar-refractivity contribution >= 4 is 40.4 Å². The number of fused-ring (bicyclic) bond motifs is 5. The number of allylic oxidation sites excluding steroid dienone is 2. The third kappa shape index (κ3) is 4.42. The van der Waals surface area contributed by atoms with Crippen molar-refractivity contribution in [1.82, 2.24) is 0 Å². The predicted octanol–water partition coefficient (Wildman–Crippen LogP) is 8.06. The number of hydrogen-bond donors (Lipinski definition) is 0. The van der Waals surface area contributed by atoms with Crippen LogP contribution in [0.2, 0.25) is 0 Å². The van der Waals surface area contributed by atoms with Crippen LogP contribution in [-0.2, 0) is 30.0 Å². The number of ether oxygens (including phenoxy) is 1. The molecule has 5 aromatic carbocycles. The standard InChI is InChI=1S/C45H37NO5/c1-27(2)51-42(49)34-17-11-12-18-35(34)46-40(47)38-39(41(46)48)45(33-15-9-6-10-16-33)37(31-25-21-29(4)22-26-31)36(30-23-19-28(3)20-24-30)44(38,43(45)50)32-13-7-5-8-14-32/h5-27,38-39H,1-4H3/t38-,39+,44-,45-/m1/s1. The molecule has 3 aliphatic rings. The largest absolute Gasteiger partial charge is 0.459 e. The minimum atomic E-state index is -1.54. The second-order valence-corrected chi connectivity index (χ2v) is 14.1. The molecule has 252 valence electrons. The van der Waals surface area contributed by atoms with Crippen molar-refractivity contribution in [1.29, 1.82) is 0 Å². The van der Waals surface area contributed by atoms with Gasteiger partial charge in [-0.15, -0.1) is 0 Å². The van der Waals surface area contributed by atoms with Crippen LogP contribution in [0.4, 0.5) is 5.69 Å². The fourth-order valence-electron chi connectivity index (χ4n) is 8.92. The summed E-state index contributed by atoms with van der Waals surface area (Å²) >= 11 is 0. The van der Waals surface area contributed by atoms with Gasteiger partial charge >= 0.3 is 5.97 Å². The lowest BCUT2D eigenvalue weighted by molar-refractivity contribution is -0.130. The number of imide groups is 1. The molecule has 2 fully saturated rings. The topological polar surface area (TPSA) is 80.8 Å². The molecule has 4 atom stereocenters. The van der Waals surface area contributed by atoms with Gasteiger partial charge in [-0.1, -0.05) is 132 Å². The first-order valence-electron chi connectivity index (χ1n) is 17.4. The predicted molar refractivity (Wildman–Crippen MR) is 197 cm³/mol. The van der Waals surface area contributed by atoms with E-state index in [-0.39, 0.29) is 17.0 Å². The van der Waals surface area contributed by atoms with Crippen LogP contribution in [0.5, 0.6) is 0 Å². The zero-order valence-electron chi connectivity index (χ0n) is 28.9. The smallest absolute Gasteiger partial charge is 0.340 e. The zero-order chi connectivity index (χ0) is 35.7. The average Bonchev–Trinajstić information content (AvgIpc) is 3.65. The highest BCUT2D eigenvalue weighted by Crippen LogP contribution is 2.74. The van der Waals surface area contributed by atoms with Crippen molar-refractivity contribution in [2.75, 3.05) is 4.90 Å². The Morgan fingerprint density at radius 2 is 1.00 bits per heavy atom. The number of para-hydroxylation sites is 1. The molecule has 1 aliphatic heterocycles. The van der Waals surface area contributed by atoms with Crippen LogP contribution in [0.25, 0.3) is 11.1 Å². The summed E-state index contributed by atoms with van der Waals surface area (Å²) in [6.45, 7) is 7.52. The van der Waals surface area contributed by atoms with E-state index in [9.17, 15) is 4.79 Å². The number of nitrogens with zero attached hydrogens (tertiary/aromatic N) is 1. The summed E-state index contributed by atoms with van der Waals surface area (Å²) in [6.07, 6.45) is -0.413. The second-order valence-electron chi connectivity index (χ2n) is 14.1. The van der Waals surface area contributed by atoms with E-state index < -0.39 is 46.6 Å². The van der Waals surface area contributed by atoms with E-state index in [1.165, 1.54) is 0 Å². The van der Waals surface area contributed by atoms with Crippen molar-refractivity contribution in [3.63, 3.8) is 0 Å². The average molecular weight is 672 g/mol. The van der Waals surface area contributed by atoms with Gasteiger partial charge in [-0.25, -0.2) is 9.69 Å². The molecule has 6 nitrogen and oxygen atoms in total. The Balaban J connectivity index is 1.51. The molecule has 0 aromatic heterocycles. The normalized spacial score (nSPS) is 23.7. The maximum absolute atomic E-state index is 16.1. The molecule has 2 amide bonds. The molecule has 0 radical (unpaired) electrons. The highest BCUT2D eigenvalue weighted by molar-refractivity contribution is 6.39. The Bertz CT molecular complexity index is 2130. The van der Waals surface area contributed by atoms with Crippen LogP contribution >= 0.6 is 0 Å². The third-order valence-electron chi connectivity index (χ3n) is 10.8. The van der Waals surface area contributed by atoms with E-state index in [2.05, 4.69) is 0 Å². The van der Waals surface area contributed by atoms with Crippen molar-refractivity contribution in [3.8, 4) is 0 Å². The molecule has 1 saturated carbocycles. The number of ketones is 1. The molecule has 2 bridgehead atoms. The summed E-state index contributed by atoms with van der Waals surface area (Å²) in [7, 11) is 0. The second kappa shape index (κ2) is 11.9. The Kier molecular flexibility index (Phi) is 7.53. The van der Waals surface area contributed by atoms with Gasteiger partial charge in [-0.3, -0.25) is 14.4 Å². The molecular weight excluding hydrogens is 634 g/mol. The van der Waals surface area contributed by atoms with Gasteiger partial charge in [0.05, 0.1) is 40.0 Å². The molecule has 1 saturated heterocycles. The van der Waals surface area contributed by atoms with Gasteiger partial charge in [0.1, 0.15) is 0 Å². The van der Waals surface area contributed by atoms with Crippen molar-refractivity contribution in [3.05, 3.63) is 172 Å². The molecule has 6 heteroatoms. The SMILES string of the molecule is Cc1ccc(C2=C(c3ccc(C)cc3)[C@@]3(c4ccccc4)C(=O)[C@@]2(c2ccccc2)[C@@H]2C(=O)N(c4ccccc4C(=O)OC(C)C)C(=O)[C@@H]23)cc1. The molecule has 51 heavy (non-hydrogen) atoms. The molecule has 0 N–H and O–H groups in total. The van der Waals surface area contributed by atoms with Crippen LogP contribution in [0.15, 0.2) is 133 Å². The summed E-state index contributed by atoms with van der Waals surface area (Å²) in [5, 5.41) is 0. The minimum absolute atomic E-state index is 0.111. The minimum Gasteiger partial charge on any atom is -0.459 e. The number of Topliss-reactive ketones (excluding diaryl/α,β-unsaturated/α-hetero) is 1. The lowest BCUT2D eigenvalue weighted by atomic mass is 9.59. The number of anilines is 1. The Morgan fingerprint density at radius 3 is 1.43 bits per heavy atom. The van der Waals surface area contributed by atoms with Crippen LogP contribution in [0, 0.1) is 25.7 Å². The number of amides is 2. The summed E-state index contributed by atoms with van der Waals surface area (Å²) < 4.78 is 5.57. The van der Waals surface area contributed by atoms with E-state index in [4.69, 9.17) is 4.74 Å². The third-order valence-corrected chi connectivity index (χ3v) is 10.8. The van der Waals surface area contributed by atoms with E-state index in [1.54, 1.807) is 38.1 Å². The van der Waals surface area contributed by atoms with Gasteiger partial charge in [0, 0.05) is 0 Å². The molecular formula is C45H37NO5. The highest BCUT2D eigenvalue weighted by Gasteiger charge is 2.82. The van der Waals surface area contributed by atoms with Gasteiger partial charge in [0.15, 0.2) is 5.78 Å². The van der Waals surface area contributed by atoms with E-state index in [1.807, 2.05) is 123 Å². The Labute approximate surface area is 297 Å². The van der Waals surface area contributed by atoms with Crippen LogP contribution in [0.3, 0.4) is 0 Å². The lowest BCUT2D eigenvalue weighted by Gasteiger charge is -2.39. The first-order valence-corrected chi connectivity index (χ1v) is 17.4. The van der Waals surface area contributed by atoms with E-state index in [0.717, 1.165) is 38.3 Å². The monoisotopic (exact) mass is 671 g/mol. The van der Waals surface area contributed by atoms with Crippen LogP contribution in [0.1, 0.15) is 57.6 Å². The molecule has 0 spiro atoms. The first-order chi connectivity index (χ1) is 24.6. The van der Waals surface area contributed by atoms with Crippen molar-refractivity contribution in [2.45, 2.75) is 44.6 Å². The quantitative estimate of drug-likeness (QED) is 0.129. The number of benzene rings is 5. The number of hydrogen-bond acceptors (Lipinski definition) is 5. The maximum atomic E-state index is 16.1. The summed E-state index contributed by atoms with van der Waals surface area (Å²) in [4.78, 5) is 61.5. The number of carbonyl (C=O) groups is 4. The lowest BCUT2D eigenvalue weighted by Crippen LogP contribution is -2.46. The summed E-state index contributed by atoms with van der Waals surface area (Å²) in [6, 6.07) is 41.6. The number of aryl methyl sites for hydroxylation is 2. The van der Waals surface area contributed by atoms with Gasteiger partial charge in [0.25, 0.3) is 0 Å². The molecule has 2 aliphatic carbocycles. The van der Waals surface area contributed by atoms with Crippen molar-refractivity contribution in [2.24, 2.45) is 11.8 Å². The van der Waals surface area contributed by atoms with Gasteiger partial charge in [-0.05, 0) is 73.2 Å². The maximum Gasteiger partial charge on any atom is 0.340 e. The zero-order valence-corrected chi connectivity index (χ0v) is 28.9. The molecule has 8 rings (SSSR count). The number of rotatable bonds is 7. The van der Waals surface area contributed by atoms with Gasteiger partial charge in [-0.2, -0.15) is 0 Å². The Morgan fingerprint density at radius 1 is 0.588 bits per heavy atom. The molecule has 1 heterocycles. The van der Waals surface area contributed by atoms with Crippen LogP contribution in [-0.4, -0.2) is 29.7 Å². The van der Waals surface area contributed by atoms with Gasteiger partial charge < -0.3 is 4.74 Å². The van der Waals surface area contributed by atoms with E-state index in [0.29, 0.717) is 11.1 Å². The number of esters is 1. The van der Waals surface area contributed by atoms with Crippen molar-refractivity contribution < 1.29 is 23.9 Å². The Hall–Kier alpha value is -5.88. The van der Waals surface area contributed by atoms with Gasteiger partial charge in [0.2, 0.25) is 11.8 Å². The highest BCUT2D eigenvalue weighted by atomic mass is 16.5. The van der Waals surface area contributed by atoms with E-state index >= 15 is 14.4 Å². The summed E-state index contributed by atoms with van der Waals surface area (Å²) in [5.74, 6) is -4.05.